The quantitative estimate of drug-likeness (QED) is 0.700. The molecule has 82 valence electrons. The first kappa shape index (κ1) is 10.7. The Labute approximate surface area is 92.9 Å². The molecule has 1 fully saturated rings. The summed E-state index contributed by atoms with van der Waals surface area (Å²) in [4.78, 5) is 0. The lowest BCUT2D eigenvalue weighted by Crippen LogP contribution is -2.35. The van der Waals surface area contributed by atoms with E-state index in [0.717, 1.165) is 6.04 Å². The van der Waals surface area contributed by atoms with Crippen molar-refractivity contribution in [3.63, 3.8) is 0 Å². The number of aryl methyl sites for hydroxylation is 1. The van der Waals surface area contributed by atoms with E-state index in [9.17, 15) is 0 Å². The molecule has 0 amide bonds. The molecule has 1 saturated carbocycles. The molecule has 1 aromatic rings. The molecule has 0 atom stereocenters. The highest BCUT2D eigenvalue weighted by Gasteiger charge is 2.15. The van der Waals surface area contributed by atoms with E-state index in [1.807, 2.05) is 0 Å². The Morgan fingerprint density at radius 2 is 1.87 bits per heavy atom. The molecule has 1 aromatic carbocycles. The van der Waals surface area contributed by atoms with Crippen LogP contribution in [0.15, 0.2) is 30.3 Å². The molecule has 1 aliphatic carbocycles. The van der Waals surface area contributed by atoms with Gasteiger partial charge in [0.15, 0.2) is 0 Å². The van der Waals surface area contributed by atoms with Crippen LogP contribution in [0.5, 0.6) is 0 Å². The molecule has 0 spiro atoms. The monoisotopic (exact) mass is 203 g/mol. The number of benzene rings is 1. The van der Waals surface area contributed by atoms with Crippen LogP contribution in [-0.2, 0) is 6.42 Å². The molecule has 0 unspecified atom stereocenters. The highest BCUT2D eigenvalue weighted by molar-refractivity contribution is 5.14. The molecule has 15 heavy (non-hydrogen) atoms. The van der Waals surface area contributed by atoms with Crippen molar-refractivity contribution < 1.29 is 0 Å². The normalized spacial score (nSPS) is 16.3. The van der Waals surface area contributed by atoms with E-state index in [4.69, 9.17) is 0 Å². The van der Waals surface area contributed by atoms with Crippen LogP contribution in [0.25, 0.3) is 0 Å². The Bertz CT molecular complexity index is 264. The molecule has 1 N–H and O–H groups in total. The standard InChI is InChI=1S/C14H21N/c1-2-7-13(8-3-1)9-4-5-12-15-14-10-6-11-14/h1-3,7-8,14-15H,4-6,9-12H2. The Morgan fingerprint density at radius 1 is 1.07 bits per heavy atom. The lowest BCUT2D eigenvalue weighted by atomic mass is 9.93. The fraction of sp³-hybridized carbons (Fsp3) is 0.571. The van der Waals surface area contributed by atoms with Crippen molar-refractivity contribution in [1.29, 1.82) is 0 Å². The van der Waals surface area contributed by atoms with Crippen LogP contribution < -0.4 is 5.32 Å². The highest BCUT2D eigenvalue weighted by Crippen LogP contribution is 2.17. The van der Waals surface area contributed by atoms with Gasteiger partial charge in [-0.1, -0.05) is 36.8 Å². The van der Waals surface area contributed by atoms with Gasteiger partial charge in [-0.3, -0.25) is 0 Å². The van der Waals surface area contributed by atoms with Gasteiger partial charge in [-0.15, -0.1) is 0 Å². The van der Waals surface area contributed by atoms with Crippen molar-refractivity contribution in [2.45, 2.75) is 44.6 Å². The first-order valence-electron chi connectivity index (χ1n) is 6.22. The van der Waals surface area contributed by atoms with Gasteiger partial charge in [0, 0.05) is 6.04 Å². The highest BCUT2D eigenvalue weighted by atomic mass is 14.9. The van der Waals surface area contributed by atoms with E-state index in [2.05, 4.69) is 35.6 Å². The van der Waals surface area contributed by atoms with Crippen molar-refractivity contribution in [2.24, 2.45) is 0 Å². The summed E-state index contributed by atoms with van der Waals surface area (Å²) >= 11 is 0. The van der Waals surface area contributed by atoms with Gasteiger partial charge in [-0.2, -0.15) is 0 Å². The molecule has 0 aliphatic heterocycles. The molecule has 1 nitrogen and oxygen atoms in total. The van der Waals surface area contributed by atoms with Crippen molar-refractivity contribution in [3.05, 3.63) is 35.9 Å². The molecule has 0 heterocycles. The van der Waals surface area contributed by atoms with Gasteiger partial charge >= 0.3 is 0 Å². The van der Waals surface area contributed by atoms with Crippen LogP contribution in [0.1, 0.15) is 37.7 Å². The second-order valence-electron chi connectivity index (χ2n) is 4.52. The summed E-state index contributed by atoms with van der Waals surface area (Å²) in [5, 5.41) is 3.61. The lowest BCUT2D eigenvalue weighted by molar-refractivity contribution is 0.338. The maximum atomic E-state index is 3.61. The van der Waals surface area contributed by atoms with E-state index in [1.54, 1.807) is 0 Å². The summed E-state index contributed by atoms with van der Waals surface area (Å²) in [6.07, 6.45) is 8.08. The van der Waals surface area contributed by atoms with Crippen molar-refractivity contribution in [1.82, 2.24) is 5.32 Å². The van der Waals surface area contributed by atoms with E-state index < -0.39 is 0 Å². The van der Waals surface area contributed by atoms with Gasteiger partial charge in [0.05, 0.1) is 0 Å². The zero-order valence-corrected chi connectivity index (χ0v) is 9.41. The topological polar surface area (TPSA) is 12.0 Å². The molecule has 0 radical (unpaired) electrons. The van der Waals surface area contributed by atoms with Crippen molar-refractivity contribution in [2.75, 3.05) is 6.54 Å². The Hall–Kier alpha value is -0.820. The molecule has 0 bridgehead atoms. The largest absolute Gasteiger partial charge is 0.314 e. The summed E-state index contributed by atoms with van der Waals surface area (Å²) in [5.41, 5.74) is 1.47. The van der Waals surface area contributed by atoms with Crippen LogP contribution in [0.3, 0.4) is 0 Å². The number of hydrogen-bond donors (Lipinski definition) is 1. The fourth-order valence-corrected chi connectivity index (χ4v) is 2.02. The molecular formula is C14H21N. The summed E-state index contributed by atoms with van der Waals surface area (Å²) in [7, 11) is 0. The van der Waals surface area contributed by atoms with Gasteiger partial charge in [0.25, 0.3) is 0 Å². The van der Waals surface area contributed by atoms with Crippen molar-refractivity contribution >= 4 is 0 Å². The Morgan fingerprint density at radius 3 is 2.53 bits per heavy atom. The molecule has 1 aliphatic rings. The molecule has 2 rings (SSSR count). The summed E-state index contributed by atoms with van der Waals surface area (Å²) in [6, 6.07) is 11.6. The van der Waals surface area contributed by atoms with E-state index in [0.29, 0.717) is 0 Å². The summed E-state index contributed by atoms with van der Waals surface area (Å²) in [5.74, 6) is 0. The number of hydrogen-bond acceptors (Lipinski definition) is 1. The lowest BCUT2D eigenvalue weighted by Gasteiger charge is -2.26. The van der Waals surface area contributed by atoms with Gasteiger partial charge < -0.3 is 5.32 Å². The predicted molar refractivity (Wildman–Crippen MR) is 65.0 cm³/mol. The number of rotatable bonds is 6. The van der Waals surface area contributed by atoms with Crippen LogP contribution in [-0.4, -0.2) is 12.6 Å². The van der Waals surface area contributed by atoms with Crippen LogP contribution in [0.2, 0.25) is 0 Å². The average Bonchev–Trinajstić information content (AvgIpc) is 2.22. The maximum absolute atomic E-state index is 3.61. The second kappa shape index (κ2) is 5.92. The SMILES string of the molecule is c1ccc(CCCCNC2CCC2)cc1. The van der Waals surface area contributed by atoms with E-state index >= 15 is 0 Å². The van der Waals surface area contributed by atoms with Crippen LogP contribution in [0, 0.1) is 0 Å². The summed E-state index contributed by atoms with van der Waals surface area (Å²) < 4.78 is 0. The third-order valence-electron chi connectivity index (χ3n) is 3.27. The van der Waals surface area contributed by atoms with E-state index in [-0.39, 0.29) is 0 Å². The van der Waals surface area contributed by atoms with Gasteiger partial charge in [0.1, 0.15) is 0 Å². The first-order valence-corrected chi connectivity index (χ1v) is 6.22. The molecular weight excluding hydrogens is 182 g/mol. The zero-order valence-electron chi connectivity index (χ0n) is 9.41. The second-order valence-corrected chi connectivity index (χ2v) is 4.52. The molecule has 1 heteroatoms. The third kappa shape index (κ3) is 3.67. The minimum absolute atomic E-state index is 0.849. The number of unbranched alkanes of at least 4 members (excludes halogenated alkanes) is 1. The van der Waals surface area contributed by atoms with Crippen LogP contribution >= 0.6 is 0 Å². The maximum Gasteiger partial charge on any atom is 0.00670 e. The molecule has 0 aromatic heterocycles. The van der Waals surface area contributed by atoms with Crippen molar-refractivity contribution in [3.8, 4) is 0 Å². The minimum Gasteiger partial charge on any atom is -0.314 e. The van der Waals surface area contributed by atoms with Gasteiger partial charge in [-0.05, 0) is 44.2 Å². The fourth-order valence-electron chi connectivity index (χ4n) is 2.02. The van der Waals surface area contributed by atoms with Gasteiger partial charge in [-0.25, -0.2) is 0 Å². The number of nitrogens with one attached hydrogen (secondary N) is 1. The Kier molecular flexibility index (Phi) is 4.22. The predicted octanol–water partition coefficient (Wildman–Crippen LogP) is 3.15. The molecule has 0 saturated heterocycles. The Balaban J connectivity index is 1.51. The minimum atomic E-state index is 0.849. The summed E-state index contributed by atoms with van der Waals surface area (Å²) in [6.45, 7) is 1.21. The first-order chi connectivity index (χ1) is 7.45. The zero-order chi connectivity index (χ0) is 10.3. The smallest absolute Gasteiger partial charge is 0.00670 e. The van der Waals surface area contributed by atoms with E-state index in [1.165, 1.54) is 50.6 Å². The third-order valence-corrected chi connectivity index (χ3v) is 3.27. The average molecular weight is 203 g/mol. The van der Waals surface area contributed by atoms with Crippen LogP contribution in [0.4, 0.5) is 0 Å². The van der Waals surface area contributed by atoms with Gasteiger partial charge in [0.2, 0.25) is 0 Å².